The Morgan fingerprint density at radius 1 is 1.05 bits per heavy atom. The summed E-state index contributed by atoms with van der Waals surface area (Å²) in [4.78, 5) is 27.2. The Hall–Kier alpha value is -3.29. The van der Waals surface area contributed by atoms with Gasteiger partial charge in [-0.05, 0) is 49.9 Å². The molecular formula is C29H32ClNO6. The number of esters is 1. The number of Topliss-reactive ketones (excluding diaryl/α,β-unsaturated/α-hetero) is 1. The molecule has 0 spiro atoms. The van der Waals surface area contributed by atoms with Crippen LogP contribution < -0.4 is 14.8 Å². The zero-order chi connectivity index (χ0) is 26.5. The van der Waals surface area contributed by atoms with E-state index < -0.39 is 11.9 Å². The summed E-state index contributed by atoms with van der Waals surface area (Å²) in [6, 6.07) is 13.1. The summed E-state index contributed by atoms with van der Waals surface area (Å²) in [7, 11) is 3.11. The van der Waals surface area contributed by atoms with Gasteiger partial charge < -0.3 is 24.3 Å². The maximum absolute atomic E-state index is 13.8. The predicted molar refractivity (Wildman–Crippen MR) is 141 cm³/mol. The van der Waals surface area contributed by atoms with Crippen molar-refractivity contribution in [1.82, 2.24) is 5.32 Å². The van der Waals surface area contributed by atoms with Gasteiger partial charge in [0.1, 0.15) is 6.61 Å². The van der Waals surface area contributed by atoms with E-state index in [0.717, 1.165) is 11.3 Å². The van der Waals surface area contributed by atoms with Gasteiger partial charge in [-0.15, -0.1) is 0 Å². The molecule has 0 saturated carbocycles. The molecule has 0 radical (unpaired) electrons. The van der Waals surface area contributed by atoms with Gasteiger partial charge in [-0.3, -0.25) is 4.79 Å². The van der Waals surface area contributed by atoms with Crippen LogP contribution in [0, 0.1) is 0 Å². The van der Waals surface area contributed by atoms with Crippen molar-refractivity contribution >= 4 is 23.4 Å². The molecule has 4 rings (SSSR count). The van der Waals surface area contributed by atoms with Crippen molar-refractivity contribution in [3.63, 3.8) is 0 Å². The first-order valence-electron chi connectivity index (χ1n) is 12.3. The molecule has 7 nitrogen and oxygen atoms in total. The summed E-state index contributed by atoms with van der Waals surface area (Å²) in [5.41, 5.74) is 4.09. The molecule has 1 N–H and O–H groups in total. The minimum Gasteiger partial charge on any atom is -0.493 e. The van der Waals surface area contributed by atoms with Crippen LogP contribution in [-0.2, 0) is 19.1 Å². The Kier molecular flexibility index (Phi) is 8.56. The van der Waals surface area contributed by atoms with Crippen LogP contribution >= 0.6 is 11.6 Å². The first-order valence-corrected chi connectivity index (χ1v) is 12.7. The Balaban J connectivity index is 1.79. The van der Waals surface area contributed by atoms with Crippen molar-refractivity contribution in [2.45, 2.75) is 38.5 Å². The summed E-state index contributed by atoms with van der Waals surface area (Å²) in [5, 5.41) is 4.02. The van der Waals surface area contributed by atoms with Gasteiger partial charge in [0.15, 0.2) is 17.3 Å². The molecule has 1 aliphatic carbocycles. The minimum atomic E-state index is -0.667. The van der Waals surface area contributed by atoms with Crippen molar-refractivity contribution in [2.75, 3.05) is 34.0 Å². The maximum Gasteiger partial charge on any atom is 0.336 e. The quantitative estimate of drug-likeness (QED) is 0.351. The normalized spacial score (nSPS) is 19.3. The molecule has 0 aromatic heterocycles. The van der Waals surface area contributed by atoms with Crippen molar-refractivity contribution < 1.29 is 28.5 Å². The molecule has 8 heteroatoms. The lowest BCUT2D eigenvalue weighted by molar-refractivity contribution is -0.140. The Bertz CT molecular complexity index is 1230. The lowest BCUT2D eigenvalue weighted by Gasteiger charge is -2.37. The van der Waals surface area contributed by atoms with E-state index in [-0.39, 0.29) is 18.3 Å². The van der Waals surface area contributed by atoms with Crippen LogP contribution in [0.4, 0.5) is 0 Å². The highest BCUT2D eigenvalue weighted by molar-refractivity contribution is 6.30. The number of nitrogens with one attached hydrogen (secondary N) is 1. The Morgan fingerprint density at radius 3 is 2.49 bits per heavy atom. The Labute approximate surface area is 222 Å². The van der Waals surface area contributed by atoms with Crippen LogP contribution in [0.5, 0.6) is 11.5 Å². The van der Waals surface area contributed by atoms with Gasteiger partial charge in [0.2, 0.25) is 0 Å². The second-order valence-corrected chi connectivity index (χ2v) is 9.42. The number of carbonyl (C=O) groups is 2. The fraction of sp³-hybridized carbons (Fsp3) is 0.379. The second-order valence-electron chi connectivity index (χ2n) is 8.98. The summed E-state index contributed by atoms with van der Waals surface area (Å²) < 4.78 is 22.2. The van der Waals surface area contributed by atoms with E-state index in [2.05, 4.69) is 5.32 Å². The van der Waals surface area contributed by atoms with Crippen molar-refractivity contribution in [1.29, 1.82) is 0 Å². The fourth-order valence-corrected chi connectivity index (χ4v) is 5.27. The number of allylic oxidation sites excluding steroid dienone is 3. The molecule has 1 aliphatic heterocycles. The number of ether oxygens (including phenoxy) is 4. The first kappa shape index (κ1) is 26.8. The molecule has 0 bridgehead atoms. The smallest absolute Gasteiger partial charge is 0.336 e. The molecule has 2 aromatic carbocycles. The number of hydrogen-bond donors (Lipinski definition) is 1. The summed E-state index contributed by atoms with van der Waals surface area (Å²) in [6.45, 7) is 4.66. The molecule has 37 heavy (non-hydrogen) atoms. The van der Waals surface area contributed by atoms with E-state index in [1.54, 1.807) is 20.3 Å². The number of carbonyl (C=O) groups excluding carboxylic acids is 2. The molecular weight excluding hydrogens is 494 g/mol. The largest absolute Gasteiger partial charge is 0.493 e. The molecule has 0 amide bonds. The van der Waals surface area contributed by atoms with Gasteiger partial charge in [0.05, 0.1) is 32.3 Å². The van der Waals surface area contributed by atoms with E-state index in [9.17, 15) is 9.59 Å². The number of benzene rings is 2. The third-order valence-electron chi connectivity index (χ3n) is 6.80. The van der Waals surface area contributed by atoms with Crippen LogP contribution in [0.15, 0.2) is 65.0 Å². The highest BCUT2D eigenvalue weighted by Crippen LogP contribution is 2.49. The van der Waals surface area contributed by atoms with Crippen LogP contribution in [0.2, 0.25) is 5.02 Å². The molecule has 0 unspecified atom stereocenters. The first-order chi connectivity index (χ1) is 17.9. The number of hydrogen-bond acceptors (Lipinski definition) is 7. The van der Waals surface area contributed by atoms with E-state index in [0.29, 0.717) is 65.0 Å². The third kappa shape index (κ3) is 5.53. The topological polar surface area (TPSA) is 83.1 Å². The van der Waals surface area contributed by atoms with Crippen LogP contribution in [0.25, 0.3) is 0 Å². The van der Waals surface area contributed by atoms with E-state index in [1.165, 1.54) is 0 Å². The van der Waals surface area contributed by atoms with Crippen LogP contribution in [0.3, 0.4) is 0 Å². The van der Waals surface area contributed by atoms with Gasteiger partial charge in [-0.1, -0.05) is 35.9 Å². The molecule has 1 heterocycles. The highest BCUT2D eigenvalue weighted by atomic mass is 35.5. The molecule has 2 aromatic rings. The van der Waals surface area contributed by atoms with Gasteiger partial charge >= 0.3 is 5.97 Å². The Morgan fingerprint density at radius 2 is 1.81 bits per heavy atom. The average molecular weight is 526 g/mol. The zero-order valence-electron chi connectivity index (χ0n) is 21.6. The monoisotopic (exact) mass is 525 g/mol. The zero-order valence-corrected chi connectivity index (χ0v) is 22.3. The molecule has 0 saturated heterocycles. The highest BCUT2D eigenvalue weighted by Gasteiger charge is 2.42. The van der Waals surface area contributed by atoms with Crippen molar-refractivity contribution in [3.8, 4) is 11.5 Å². The van der Waals surface area contributed by atoms with Gasteiger partial charge in [-0.25, -0.2) is 4.79 Å². The minimum absolute atomic E-state index is 0.00336. The van der Waals surface area contributed by atoms with E-state index in [1.807, 2.05) is 50.2 Å². The number of para-hydroxylation sites is 1. The van der Waals surface area contributed by atoms with Crippen molar-refractivity contribution in [2.24, 2.45) is 0 Å². The van der Waals surface area contributed by atoms with E-state index >= 15 is 0 Å². The number of halogens is 1. The van der Waals surface area contributed by atoms with Gasteiger partial charge in [0.25, 0.3) is 0 Å². The molecule has 2 aliphatic rings. The second kappa shape index (κ2) is 11.8. The fourth-order valence-electron chi connectivity index (χ4n) is 5.15. The summed E-state index contributed by atoms with van der Waals surface area (Å²) in [5.74, 6) is -0.209. The maximum atomic E-state index is 13.8. The molecule has 2 atom stereocenters. The lowest BCUT2D eigenvalue weighted by Crippen LogP contribution is -2.36. The van der Waals surface area contributed by atoms with Crippen LogP contribution in [0.1, 0.15) is 49.7 Å². The van der Waals surface area contributed by atoms with Crippen molar-refractivity contribution in [3.05, 3.63) is 81.2 Å². The number of ketones is 1. The average Bonchev–Trinajstić information content (AvgIpc) is 2.89. The lowest BCUT2D eigenvalue weighted by atomic mass is 9.71. The third-order valence-corrected chi connectivity index (χ3v) is 7.05. The van der Waals surface area contributed by atoms with Gasteiger partial charge in [0, 0.05) is 40.6 Å². The summed E-state index contributed by atoms with van der Waals surface area (Å²) in [6.07, 6.45) is 0.937. The standard InChI is InChI=1S/C29H32ClNO6/c1-5-36-13-14-37-29(33)25-17(2)31-22-15-19(18-9-11-20(30)12-10-18)16-23(32)27(22)26(25)21-7-6-8-24(34-3)28(21)35-4/h6-12,19,26,31H,5,13-16H2,1-4H3/t19-,26+/m0/s1. The van der Waals surface area contributed by atoms with E-state index in [4.69, 9.17) is 30.5 Å². The number of rotatable bonds is 9. The molecule has 196 valence electrons. The van der Waals surface area contributed by atoms with Gasteiger partial charge in [-0.2, -0.15) is 0 Å². The SMILES string of the molecule is CCOCCOC(=O)C1=C(C)NC2=C(C(=O)C[C@@H](c3ccc(Cl)cc3)C2)[C@@H]1c1cccc(OC)c1OC. The number of methoxy groups -OCH3 is 2. The predicted octanol–water partition coefficient (Wildman–Crippen LogP) is 5.30. The summed E-state index contributed by atoms with van der Waals surface area (Å²) >= 11 is 6.08. The molecule has 0 fully saturated rings. The van der Waals surface area contributed by atoms with Crippen LogP contribution in [-0.4, -0.2) is 45.8 Å². The number of dihydropyridines is 1.